The van der Waals surface area contributed by atoms with E-state index in [0.29, 0.717) is 0 Å². The Hall–Kier alpha value is -1.92. The highest BCUT2D eigenvalue weighted by Crippen LogP contribution is 2.04. The molecule has 0 fully saturated rings. The summed E-state index contributed by atoms with van der Waals surface area (Å²) in [6.45, 7) is 1.51. The van der Waals surface area contributed by atoms with Crippen molar-refractivity contribution in [2.45, 2.75) is 32.1 Å². The number of nitrogens with one attached hydrogen (secondary N) is 1. The van der Waals surface area contributed by atoms with Crippen LogP contribution in [0.1, 0.15) is 18.9 Å². The van der Waals surface area contributed by atoms with Crippen molar-refractivity contribution in [2.24, 2.45) is 0 Å². The number of rotatable bonds is 8. The van der Waals surface area contributed by atoms with Crippen LogP contribution in [0.25, 0.3) is 0 Å². The van der Waals surface area contributed by atoms with E-state index in [1.807, 2.05) is 30.3 Å². The van der Waals surface area contributed by atoms with Crippen LogP contribution in [-0.4, -0.2) is 40.8 Å². The van der Waals surface area contributed by atoms with Gasteiger partial charge in [-0.05, 0) is 12.5 Å². The van der Waals surface area contributed by atoms with Crippen LogP contribution in [0.15, 0.2) is 30.3 Å². The molecule has 0 aliphatic carbocycles. The molecule has 1 aromatic rings. The van der Waals surface area contributed by atoms with E-state index in [1.54, 1.807) is 6.92 Å². The first-order chi connectivity index (χ1) is 9.54. The summed E-state index contributed by atoms with van der Waals surface area (Å²) in [6, 6.07) is 8.25. The topological polar surface area (TPSA) is 95.9 Å². The van der Waals surface area contributed by atoms with Crippen molar-refractivity contribution in [3.8, 4) is 0 Å². The average molecular weight is 281 g/mol. The number of hydrogen-bond donors (Lipinski definition) is 3. The quantitative estimate of drug-likeness (QED) is 0.646. The number of amides is 1. The number of carbonyl (C=O) groups excluding carboxylic acids is 1. The molecule has 2 atom stereocenters. The maximum Gasteiger partial charge on any atom is 0.326 e. The second-order valence-corrected chi connectivity index (χ2v) is 4.35. The lowest BCUT2D eigenvalue weighted by molar-refractivity contribution is -0.144. The van der Waals surface area contributed by atoms with Gasteiger partial charge in [0, 0.05) is 13.0 Å². The fourth-order valence-electron chi connectivity index (χ4n) is 1.55. The molecule has 0 saturated carbocycles. The summed E-state index contributed by atoms with van der Waals surface area (Å²) in [6.07, 6.45) is -0.803. The number of benzene rings is 1. The largest absolute Gasteiger partial charge is 0.480 e. The first-order valence-corrected chi connectivity index (χ1v) is 6.34. The van der Waals surface area contributed by atoms with Crippen molar-refractivity contribution in [3.63, 3.8) is 0 Å². The molecule has 0 aliphatic rings. The summed E-state index contributed by atoms with van der Waals surface area (Å²) < 4.78 is 5.38. The molecule has 110 valence electrons. The lowest BCUT2D eigenvalue weighted by Crippen LogP contribution is -2.45. The van der Waals surface area contributed by atoms with Gasteiger partial charge < -0.3 is 20.3 Å². The SMILES string of the molecule is CC(OCc1ccccc1)C(=O)N[C@H](CCO)C(=O)O. The van der Waals surface area contributed by atoms with Gasteiger partial charge in [-0.2, -0.15) is 0 Å². The van der Waals surface area contributed by atoms with Crippen LogP contribution in [0.5, 0.6) is 0 Å². The highest BCUT2D eigenvalue weighted by Gasteiger charge is 2.22. The summed E-state index contributed by atoms with van der Waals surface area (Å²) in [4.78, 5) is 22.6. The Morgan fingerprint density at radius 2 is 1.95 bits per heavy atom. The summed E-state index contributed by atoms with van der Waals surface area (Å²) in [5.41, 5.74) is 0.928. The third kappa shape index (κ3) is 5.38. The molecule has 1 aromatic carbocycles. The minimum Gasteiger partial charge on any atom is -0.480 e. The summed E-state index contributed by atoms with van der Waals surface area (Å²) in [5.74, 6) is -1.69. The number of aliphatic carboxylic acids is 1. The van der Waals surface area contributed by atoms with Crippen molar-refractivity contribution >= 4 is 11.9 Å². The van der Waals surface area contributed by atoms with Crippen LogP contribution in [0.4, 0.5) is 0 Å². The molecular formula is C14H19NO5. The van der Waals surface area contributed by atoms with E-state index in [-0.39, 0.29) is 19.6 Å². The van der Waals surface area contributed by atoms with Crippen molar-refractivity contribution in [1.82, 2.24) is 5.32 Å². The van der Waals surface area contributed by atoms with Gasteiger partial charge in [0.1, 0.15) is 12.1 Å². The molecular weight excluding hydrogens is 262 g/mol. The molecule has 0 heterocycles. The smallest absolute Gasteiger partial charge is 0.326 e. The number of aliphatic hydroxyl groups is 1. The number of hydrogen-bond acceptors (Lipinski definition) is 4. The van der Waals surface area contributed by atoms with Gasteiger partial charge >= 0.3 is 5.97 Å². The average Bonchev–Trinajstić information content (AvgIpc) is 2.45. The number of carboxylic acid groups (broad SMARTS) is 1. The maximum atomic E-state index is 11.8. The molecule has 0 radical (unpaired) electrons. The Kier molecular flexibility index (Phi) is 6.69. The van der Waals surface area contributed by atoms with E-state index in [2.05, 4.69) is 5.32 Å². The van der Waals surface area contributed by atoms with E-state index in [4.69, 9.17) is 14.9 Å². The normalized spacial score (nSPS) is 13.5. The molecule has 0 saturated heterocycles. The van der Waals surface area contributed by atoms with E-state index < -0.39 is 24.0 Å². The lowest BCUT2D eigenvalue weighted by atomic mass is 10.2. The first-order valence-electron chi connectivity index (χ1n) is 6.34. The highest BCUT2D eigenvalue weighted by molar-refractivity contribution is 5.86. The minimum atomic E-state index is -1.18. The number of ether oxygens (including phenoxy) is 1. The van der Waals surface area contributed by atoms with Crippen LogP contribution in [0.3, 0.4) is 0 Å². The predicted molar refractivity (Wildman–Crippen MR) is 72.0 cm³/mol. The molecule has 0 bridgehead atoms. The van der Waals surface area contributed by atoms with Gasteiger partial charge in [0.25, 0.3) is 0 Å². The zero-order valence-electron chi connectivity index (χ0n) is 11.3. The van der Waals surface area contributed by atoms with Crippen molar-refractivity contribution < 1.29 is 24.5 Å². The monoisotopic (exact) mass is 281 g/mol. The third-order valence-corrected chi connectivity index (χ3v) is 2.74. The van der Waals surface area contributed by atoms with Crippen LogP contribution in [0.2, 0.25) is 0 Å². The van der Waals surface area contributed by atoms with Gasteiger partial charge in [-0.1, -0.05) is 30.3 Å². The van der Waals surface area contributed by atoms with Gasteiger partial charge in [0.2, 0.25) is 5.91 Å². The van der Waals surface area contributed by atoms with E-state index in [0.717, 1.165) is 5.56 Å². The second kappa shape index (κ2) is 8.29. The van der Waals surface area contributed by atoms with Gasteiger partial charge in [0.05, 0.1) is 6.61 Å². The Labute approximate surface area is 117 Å². The summed E-state index contributed by atoms with van der Waals surface area (Å²) in [5, 5.41) is 19.9. The molecule has 1 rings (SSSR count). The summed E-state index contributed by atoms with van der Waals surface area (Å²) >= 11 is 0. The van der Waals surface area contributed by atoms with E-state index >= 15 is 0 Å². The second-order valence-electron chi connectivity index (χ2n) is 4.35. The van der Waals surface area contributed by atoms with Gasteiger partial charge in [0.15, 0.2) is 0 Å². The Balaban J connectivity index is 2.44. The lowest BCUT2D eigenvalue weighted by Gasteiger charge is -2.17. The van der Waals surface area contributed by atoms with Gasteiger partial charge in [-0.25, -0.2) is 4.79 Å². The molecule has 6 nitrogen and oxygen atoms in total. The fourth-order valence-corrected chi connectivity index (χ4v) is 1.55. The fraction of sp³-hybridized carbons (Fsp3) is 0.429. The Morgan fingerprint density at radius 1 is 1.30 bits per heavy atom. The first kappa shape index (κ1) is 16.1. The predicted octanol–water partition coefficient (Wildman–Crippen LogP) is 0.543. The molecule has 20 heavy (non-hydrogen) atoms. The molecule has 1 unspecified atom stereocenters. The number of aliphatic hydroxyl groups excluding tert-OH is 1. The standard InChI is InChI=1S/C14H19NO5/c1-10(20-9-11-5-3-2-4-6-11)13(17)15-12(7-8-16)14(18)19/h2-6,10,12,16H,7-9H2,1H3,(H,15,17)(H,18,19)/t10?,12-/m1/s1. The molecule has 0 aliphatic heterocycles. The number of carbonyl (C=O) groups is 2. The minimum absolute atomic E-state index is 0.0352. The van der Waals surface area contributed by atoms with Gasteiger partial charge in [-0.3, -0.25) is 4.79 Å². The zero-order valence-corrected chi connectivity index (χ0v) is 11.3. The van der Waals surface area contributed by atoms with Crippen molar-refractivity contribution in [2.75, 3.05) is 6.61 Å². The molecule has 3 N–H and O–H groups in total. The Bertz CT molecular complexity index is 434. The van der Waals surface area contributed by atoms with Crippen LogP contribution < -0.4 is 5.32 Å². The highest BCUT2D eigenvalue weighted by atomic mass is 16.5. The van der Waals surface area contributed by atoms with E-state index in [9.17, 15) is 9.59 Å². The third-order valence-electron chi connectivity index (χ3n) is 2.74. The molecule has 1 amide bonds. The van der Waals surface area contributed by atoms with E-state index in [1.165, 1.54) is 0 Å². The molecule has 0 aromatic heterocycles. The maximum absolute atomic E-state index is 11.8. The molecule has 6 heteroatoms. The van der Waals surface area contributed by atoms with Crippen LogP contribution >= 0.6 is 0 Å². The number of carboxylic acids is 1. The Morgan fingerprint density at radius 3 is 2.50 bits per heavy atom. The summed E-state index contributed by atoms with van der Waals surface area (Å²) in [7, 11) is 0. The van der Waals surface area contributed by atoms with Crippen molar-refractivity contribution in [3.05, 3.63) is 35.9 Å². The molecule has 0 spiro atoms. The van der Waals surface area contributed by atoms with Crippen LogP contribution in [0, 0.1) is 0 Å². The zero-order chi connectivity index (χ0) is 15.0. The van der Waals surface area contributed by atoms with Crippen LogP contribution in [-0.2, 0) is 20.9 Å². The van der Waals surface area contributed by atoms with Crippen molar-refractivity contribution in [1.29, 1.82) is 0 Å². The van der Waals surface area contributed by atoms with Gasteiger partial charge in [-0.15, -0.1) is 0 Å².